The molecule has 0 radical (unpaired) electrons. The van der Waals surface area contributed by atoms with Gasteiger partial charge in [-0.3, -0.25) is 0 Å². The number of benzene rings is 6. The Balaban J connectivity index is 1.09. The van der Waals surface area contributed by atoms with Gasteiger partial charge in [-0.05, 0) is 81.9 Å². The van der Waals surface area contributed by atoms with Crippen LogP contribution < -0.4 is 10.6 Å². The van der Waals surface area contributed by atoms with Crippen LogP contribution in [-0.2, 0) is 0 Å². The second-order valence-corrected chi connectivity index (χ2v) is 9.29. The van der Waals surface area contributed by atoms with Crippen LogP contribution in [0.25, 0.3) is 33.4 Å². The molecule has 0 amide bonds. The summed E-state index contributed by atoms with van der Waals surface area (Å²) in [6, 6.07) is 55.1. The smallest absolute Gasteiger partial charge is 0.0384 e. The molecular formula is C36H28N2. The number of anilines is 4. The van der Waals surface area contributed by atoms with Crippen molar-refractivity contribution >= 4 is 22.7 Å². The molecule has 0 spiro atoms. The van der Waals surface area contributed by atoms with Crippen LogP contribution in [0.3, 0.4) is 0 Å². The average molecular weight is 489 g/mol. The number of nitrogens with one attached hydrogen (secondary N) is 2. The lowest BCUT2D eigenvalue weighted by atomic mass is 10.0. The van der Waals surface area contributed by atoms with Crippen LogP contribution in [0.15, 0.2) is 158 Å². The van der Waals surface area contributed by atoms with Crippen LogP contribution in [-0.4, -0.2) is 0 Å². The number of hydrogen-bond acceptors (Lipinski definition) is 2. The van der Waals surface area contributed by atoms with E-state index in [2.05, 4.69) is 144 Å². The van der Waals surface area contributed by atoms with Crippen LogP contribution >= 0.6 is 0 Å². The third kappa shape index (κ3) is 5.50. The lowest BCUT2D eigenvalue weighted by Crippen LogP contribution is -1.91. The second kappa shape index (κ2) is 10.9. The van der Waals surface area contributed by atoms with Crippen molar-refractivity contribution in [1.82, 2.24) is 0 Å². The van der Waals surface area contributed by atoms with Gasteiger partial charge in [0.2, 0.25) is 0 Å². The van der Waals surface area contributed by atoms with E-state index in [1.54, 1.807) is 0 Å². The molecule has 0 aromatic heterocycles. The largest absolute Gasteiger partial charge is 0.356 e. The van der Waals surface area contributed by atoms with Crippen molar-refractivity contribution in [2.75, 3.05) is 10.6 Å². The van der Waals surface area contributed by atoms with Crippen LogP contribution in [0.4, 0.5) is 22.7 Å². The second-order valence-electron chi connectivity index (χ2n) is 9.29. The normalized spacial score (nSPS) is 10.6. The van der Waals surface area contributed by atoms with Gasteiger partial charge in [0.1, 0.15) is 0 Å². The minimum Gasteiger partial charge on any atom is -0.356 e. The zero-order valence-corrected chi connectivity index (χ0v) is 21.0. The summed E-state index contributed by atoms with van der Waals surface area (Å²) in [5.41, 5.74) is 11.6. The Kier molecular flexibility index (Phi) is 6.69. The maximum Gasteiger partial charge on any atom is 0.0384 e. The zero-order chi connectivity index (χ0) is 25.6. The Bertz CT molecular complexity index is 1590. The molecule has 2 nitrogen and oxygen atoms in total. The quantitative estimate of drug-likeness (QED) is 0.233. The molecule has 6 aromatic rings. The van der Waals surface area contributed by atoms with Crippen LogP contribution in [0.2, 0.25) is 0 Å². The molecule has 2 heteroatoms. The van der Waals surface area contributed by atoms with E-state index >= 15 is 0 Å². The predicted octanol–water partition coefficient (Wildman–Crippen LogP) is 10.2. The van der Waals surface area contributed by atoms with Crippen LogP contribution in [0.5, 0.6) is 0 Å². The molecule has 0 unspecified atom stereocenters. The van der Waals surface area contributed by atoms with Crippen molar-refractivity contribution in [3.8, 4) is 33.4 Å². The fourth-order valence-electron chi connectivity index (χ4n) is 4.58. The summed E-state index contributed by atoms with van der Waals surface area (Å²) in [6.07, 6.45) is 0. The Morgan fingerprint density at radius 2 is 0.447 bits per heavy atom. The van der Waals surface area contributed by atoms with Crippen LogP contribution in [0.1, 0.15) is 0 Å². The first-order valence-corrected chi connectivity index (χ1v) is 12.9. The molecule has 0 atom stereocenters. The monoisotopic (exact) mass is 488 g/mol. The summed E-state index contributed by atoms with van der Waals surface area (Å²) in [5.74, 6) is 0. The highest BCUT2D eigenvalue weighted by Crippen LogP contribution is 2.28. The van der Waals surface area contributed by atoms with Gasteiger partial charge in [-0.15, -0.1) is 0 Å². The van der Waals surface area contributed by atoms with Crippen molar-refractivity contribution in [2.24, 2.45) is 0 Å². The molecule has 0 saturated carbocycles. The Labute approximate surface area is 224 Å². The Morgan fingerprint density at radius 3 is 0.789 bits per heavy atom. The van der Waals surface area contributed by atoms with Gasteiger partial charge in [0.25, 0.3) is 0 Å². The lowest BCUT2D eigenvalue weighted by molar-refractivity contribution is 1.52. The third-order valence-corrected chi connectivity index (χ3v) is 6.66. The van der Waals surface area contributed by atoms with E-state index in [1.807, 2.05) is 24.3 Å². The molecule has 0 aliphatic rings. The Morgan fingerprint density at radius 1 is 0.211 bits per heavy atom. The van der Waals surface area contributed by atoms with E-state index in [1.165, 1.54) is 33.4 Å². The van der Waals surface area contributed by atoms with Crippen LogP contribution in [0, 0.1) is 0 Å². The van der Waals surface area contributed by atoms with Crippen molar-refractivity contribution in [3.63, 3.8) is 0 Å². The van der Waals surface area contributed by atoms with Crippen molar-refractivity contribution < 1.29 is 0 Å². The molecule has 6 rings (SSSR count). The zero-order valence-electron chi connectivity index (χ0n) is 21.0. The summed E-state index contributed by atoms with van der Waals surface area (Å²) < 4.78 is 0. The number of rotatable bonds is 7. The fraction of sp³-hybridized carbons (Fsp3) is 0. The molecule has 0 heterocycles. The minimum atomic E-state index is 1.07. The van der Waals surface area contributed by atoms with Gasteiger partial charge in [-0.25, -0.2) is 0 Å². The highest BCUT2D eigenvalue weighted by atomic mass is 14.9. The SMILES string of the molecule is c1ccc(Nc2ccc(-c3ccc(Nc4ccc(-c5ccc(-c6ccccc6)cc5)cc4)cc3)cc2)cc1. The summed E-state index contributed by atoms with van der Waals surface area (Å²) in [5, 5.41) is 6.95. The van der Waals surface area contributed by atoms with E-state index in [9.17, 15) is 0 Å². The van der Waals surface area contributed by atoms with Gasteiger partial charge in [0.05, 0.1) is 0 Å². The van der Waals surface area contributed by atoms with E-state index in [0.29, 0.717) is 0 Å². The maximum atomic E-state index is 3.52. The van der Waals surface area contributed by atoms with Crippen molar-refractivity contribution in [3.05, 3.63) is 158 Å². The predicted molar refractivity (Wildman–Crippen MR) is 162 cm³/mol. The summed E-state index contributed by atoms with van der Waals surface area (Å²) >= 11 is 0. The molecule has 2 N–H and O–H groups in total. The van der Waals surface area contributed by atoms with E-state index < -0.39 is 0 Å². The average Bonchev–Trinajstić information content (AvgIpc) is 3.00. The Hall–Kier alpha value is -5.08. The highest BCUT2D eigenvalue weighted by Gasteiger charge is 2.03. The molecule has 0 aliphatic heterocycles. The molecule has 38 heavy (non-hydrogen) atoms. The topological polar surface area (TPSA) is 24.1 Å². The third-order valence-electron chi connectivity index (χ3n) is 6.66. The molecular weight excluding hydrogens is 460 g/mol. The van der Waals surface area contributed by atoms with E-state index in [4.69, 9.17) is 0 Å². The summed E-state index contributed by atoms with van der Waals surface area (Å²) in [7, 11) is 0. The number of para-hydroxylation sites is 1. The van der Waals surface area contributed by atoms with Gasteiger partial charge >= 0.3 is 0 Å². The van der Waals surface area contributed by atoms with Gasteiger partial charge in [0, 0.05) is 22.7 Å². The van der Waals surface area contributed by atoms with Crippen molar-refractivity contribution in [1.29, 1.82) is 0 Å². The van der Waals surface area contributed by atoms with Crippen molar-refractivity contribution in [2.45, 2.75) is 0 Å². The highest BCUT2D eigenvalue weighted by molar-refractivity contribution is 5.74. The lowest BCUT2D eigenvalue weighted by Gasteiger charge is -2.10. The summed E-state index contributed by atoms with van der Waals surface area (Å²) in [6.45, 7) is 0. The number of hydrogen-bond donors (Lipinski definition) is 2. The van der Waals surface area contributed by atoms with Gasteiger partial charge < -0.3 is 10.6 Å². The first-order chi connectivity index (χ1) is 18.8. The first kappa shape index (κ1) is 23.3. The molecule has 182 valence electrons. The first-order valence-electron chi connectivity index (χ1n) is 12.9. The minimum absolute atomic E-state index is 1.07. The maximum absolute atomic E-state index is 3.52. The van der Waals surface area contributed by atoms with Gasteiger partial charge in [0.15, 0.2) is 0 Å². The molecule has 0 bridgehead atoms. The molecule has 6 aromatic carbocycles. The van der Waals surface area contributed by atoms with E-state index in [-0.39, 0.29) is 0 Å². The molecule has 0 fully saturated rings. The standard InChI is InChI=1S/C36H28N2/c1-3-7-27(8-4-1)28-11-13-29(14-12-28)30-15-23-35(24-16-30)38-36-25-19-32(20-26-36)31-17-21-34(22-18-31)37-33-9-5-2-6-10-33/h1-26,37-38H. The molecule has 0 aliphatic carbocycles. The fourth-order valence-corrected chi connectivity index (χ4v) is 4.58. The van der Waals surface area contributed by atoms with Gasteiger partial charge in [-0.2, -0.15) is 0 Å². The molecule has 0 saturated heterocycles. The van der Waals surface area contributed by atoms with Gasteiger partial charge in [-0.1, -0.05) is 109 Å². The summed E-state index contributed by atoms with van der Waals surface area (Å²) in [4.78, 5) is 0. The van der Waals surface area contributed by atoms with E-state index in [0.717, 1.165) is 22.7 Å².